The van der Waals surface area contributed by atoms with E-state index in [2.05, 4.69) is 17.4 Å². The molecule has 5 aromatic rings. The van der Waals surface area contributed by atoms with Crippen LogP contribution in [0.4, 0.5) is 5.82 Å². The topological polar surface area (TPSA) is 85.8 Å². The third-order valence-corrected chi connectivity index (χ3v) is 5.87. The summed E-state index contributed by atoms with van der Waals surface area (Å²) >= 11 is 0. The fourth-order valence-electron chi connectivity index (χ4n) is 4.14. The zero-order chi connectivity index (χ0) is 22.9. The molecular formula is C27H25N5O. The van der Waals surface area contributed by atoms with Crippen molar-refractivity contribution in [3.05, 3.63) is 95.1 Å². The monoisotopic (exact) mass is 435 g/mol. The van der Waals surface area contributed by atoms with E-state index >= 15 is 0 Å². The number of amides is 1. The van der Waals surface area contributed by atoms with Gasteiger partial charge in [-0.05, 0) is 55.2 Å². The lowest BCUT2D eigenvalue weighted by Crippen LogP contribution is -2.26. The molecule has 2 heterocycles. The van der Waals surface area contributed by atoms with E-state index in [-0.39, 0.29) is 5.91 Å². The number of nitrogen functional groups attached to an aromatic ring is 1. The molecule has 164 valence electrons. The van der Waals surface area contributed by atoms with Gasteiger partial charge in [0.2, 0.25) is 0 Å². The van der Waals surface area contributed by atoms with E-state index in [0.29, 0.717) is 29.1 Å². The van der Waals surface area contributed by atoms with Gasteiger partial charge >= 0.3 is 0 Å². The number of nitrogens with one attached hydrogen (secondary N) is 1. The molecule has 3 N–H and O–H groups in total. The first-order valence-corrected chi connectivity index (χ1v) is 11.0. The van der Waals surface area contributed by atoms with E-state index in [1.165, 1.54) is 0 Å². The predicted molar refractivity (Wildman–Crippen MR) is 133 cm³/mol. The summed E-state index contributed by atoms with van der Waals surface area (Å²) in [7, 11) is 0. The third-order valence-electron chi connectivity index (χ3n) is 5.87. The van der Waals surface area contributed by atoms with Crippen LogP contribution in [0.1, 0.15) is 27.0 Å². The highest BCUT2D eigenvalue weighted by Crippen LogP contribution is 2.32. The number of nitrogens with two attached hydrogens (primary N) is 1. The molecule has 0 saturated heterocycles. The van der Waals surface area contributed by atoms with Crippen LogP contribution in [0.5, 0.6) is 0 Å². The molecule has 0 bridgehead atoms. The molecule has 6 nitrogen and oxygen atoms in total. The molecule has 1 amide bonds. The Balaban J connectivity index is 1.63. The van der Waals surface area contributed by atoms with Gasteiger partial charge in [0.05, 0.1) is 16.7 Å². The molecule has 6 heteroatoms. The first-order chi connectivity index (χ1) is 16.0. The second kappa shape index (κ2) is 8.39. The van der Waals surface area contributed by atoms with Crippen molar-refractivity contribution in [2.75, 3.05) is 12.3 Å². The Morgan fingerprint density at radius 1 is 0.939 bits per heavy atom. The molecule has 0 radical (unpaired) electrons. The largest absolute Gasteiger partial charge is 0.384 e. The van der Waals surface area contributed by atoms with Gasteiger partial charge in [-0.2, -0.15) is 0 Å². The molecule has 0 aliphatic rings. The number of hydrogen-bond donors (Lipinski definition) is 2. The van der Waals surface area contributed by atoms with Gasteiger partial charge in [-0.25, -0.2) is 9.97 Å². The minimum Gasteiger partial charge on any atom is -0.384 e. The van der Waals surface area contributed by atoms with Gasteiger partial charge in [-0.1, -0.05) is 54.6 Å². The number of benzene rings is 3. The van der Waals surface area contributed by atoms with E-state index in [9.17, 15) is 4.79 Å². The van der Waals surface area contributed by atoms with Crippen molar-refractivity contribution in [1.82, 2.24) is 19.9 Å². The molecule has 0 aliphatic carbocycles. The summed E-state index contributed by atoms with van der Waals surface area (Å²) in [4.78, 5) is 23.0. The van der Waals surface area contributed by atoms with Crippen molar-refractivity contribution in [1.29, 1.82) is 0 Å². The number of nitrogens with zero attached hydrogens (tertiary/aromatic N) is 3. The highest BCUT2D eigenvalue weighted by Gasteiger charge is 2.25. The van der Waals surface area contributed by atoms with E-state index in [0.717, 1.165) is 39.8 Å². The van der Waals surface area contributed by atoms with Crippen LogP contribution in [-0.4, -0.2) is 27.0 Å². The van der Waals surface area contributed by atoms with E-state index < -0.39 is 0 Å². The van der Waals surface area contributed by atoms with Gasteiger partial charge in [0.15, 0.2) is 5.65 Å². The minimum absolute atomic E-state index is 0.248. The van der Waals surface area contributed by atoms with Crippen molar-refractivity contribution in [3.8, 4) is 5.69 Å². The average Bonchev–Trinajstić information content (AvgIpc) is 3.10. The van der Waals surface area contributed by atoms with Crippen molar-refractivity contribution in [2.45, 2.75) is 20.3 Å². The van der Waals surface area contributed by atoms with Gasteiger partial charge in [0.25, 0.3) is 5.91 Å². The number of anilines is 1. The molecule has 2 aromatic heterocycles. The number of hydrogen-bond acceptors (Lipinski definition) is 4. The van der Waals surface area contributed by atoms with Crippen LogP contribution in [-0.2, 0) is 6.42 Å². The minimum atomic E-state index is -0.248. The molecule has 0 saturated carbocycles. The molecule has 0 spiro atoms. The Morgan fingerprint density at radius 3 is 2.39 bits per heavy atom. The van der Waals surface area contributed by atoms with Crippen molar-refractivity contribution < 1.29 is 4.79 Å². The van der Waals surface area contributed by atoms with Crippen LogP contribution in [0.3, 0.4) is 0 Å². The Labute approximate surface area is 192 Å². The summed E-state index contributed by atoms with van der Waals surface area (Å²) in [5.41, 5.74) is 13.7. The zero-order valence-electron chi connectivity index (χ0n) is 18.7. The average molecular weight is 436 g/mol. The van der Waals surface area contributed by atoms with Crippen LogP contribution in [0.2, 0.25) is 0 Å². The molecule has 3 aromatic carbocycles. The molecule has 0 unspecified atom stereocenters. The fourth-order valence-corrected chi connectivity index (χ4v) is 4.14. The maximum atomic E-state index is 13.3. The van der Waals surface area contributed by atoms with Gasteiger partial charge in [0.1, 0.15) is 16.9 Å². The van der Waals surface area contributed by atoms with E-state index in [1.54, 1.807) is 0 Å². The summed E-state index contributed by atoms with van der Waals surface area (Å²) in [6.07, 6.45) is 0.733. The lowest BCUT2D eigenvalue weighted by Gasteiger charge is -2.12. The summed E-state index contributed by atoms with van der Waals surface area (Å²) in [5.74, 6) is 0.0910. The Bertz CT molecular complexity index is 1490. The number of aryl methyl sites for hydroxylation is 2. The van der Waals surface area contributed by atoms with Gasteiger partial charge in [-0.15, -0.1) is 0 Å². The van der Waals surface area contributed by atoms with E-state index in [4.69, 9.17) is 15.7 Å². The number of para-hydroxylation sites is 2. The third kappa shape index (κ3) is 3.80. The van der Waals surface area contributed by atoms with Crippen LogP contribution < -0.4 is 11.1 Å². The molecule has 33 heavy (non-hydrogen) atoms. The number of carbonyl (C=O) groups excluding carboxylic acids is 1. The second-order valence-corrected chi connectivity index (χ2v) is 8.26. The summed E-state index contributed by atoms with van der Waals surface area (Å²) in [5, 5.41) is 3.02. The highest BCUT2D eigenvalue weighted by molar-refractivity contribution is 6.11. The first kappa shape index (κ1) is 20.7. The Morgan fingerprint density at radius 2 is 1.64 bits per heavy atom. The Kier molecular flexibility index (Phi) is 5.26. The highest BCUT2D eigenvalue weighted by atomic mass is 16.1. The normalized spacial score (nSPS) is 11.2. The van der Waals surface area contributed by atoms with Gasteiger partial charge < -0.3 is 11.1 Å². The van der Waals surface area contributed by atoms with E-state index in [1.807, 2.05) is 79.1 Å². The smallest absolute Gasteiger partial charge is 0.257 e. The molecule has 0 aliphatic heterocycles. The first-order valence-electron chi connectivity index (χ1n) is 11.0. The van der Waals surface area contributed by atoms with Crippen LogP contribution >= 0.6 is 0 Å². The molecule has 5 rings (SSSR count). The quantitative estimate of drug-likeness (QED) is 0.417. The number of carbonyl (C=O) groups is 1. The summed E-state index contributed by atoms with van der Waals surface area (Å²) in [6, 6.07) is 23.9. The van der Waals surface area contributed by atoms with Crippen molar-refractivity contribution in [2.24, 2.45) is 0 Å². The molecule has 0 fully saturated rings. The predicted octanol–water partition coefficient (Wildman–Crippen LogP) is 4.75. The number of fused-ring (bicyclic) bond motifs is 2. The fraction of sp³-hybridized carbons (Fsp3) is 0.148. The number of aromatic nitrogens is 3. The SMILES string of the molecule is Cc1ccc(C)c(-n2c(N)c(C(=O)NCCc3ccccc3)c3nc4ccccc4nc32)c1. The summed E-state index contributed by atoms with van der Waals surface area (Å²) in [6.45, 7) is 4.55. The van der Waals surface area contributed by atoms with Crippen LogP contribution in [0.15, 0.2) is 72.8 Å². The lowest BCUT2D eigenvalue weighted by atomic mass is 10.1. The molecule has 0 atom stereocenters. The Hall–Kier alpha value is -4.19. The van der Waals surface area contributed by atoms with Crippen molar-refractivity contribution >= 4 is 33.9 Å². The lowest BCUT2D eigenvalue weighted by molar-refractivity contribution is 0.0956. The zero-order valence-corrected chi connectivity index (χ0v) is 18.7. The summed E-state index contributed by atoms with van der Waals surface area (Å²) < 4.78 is 1.85. The second-order valence-electron chi connectivity index (χ2n) is 8.26. The number of rotatable bonds is 5. The maximum Gasteiger partial charge on any atom is 0.257 e. The maximum absolute atomic E-state index is 13.3. The van der Waals surface area contributed by atoms with Crippen LogP contribution in [0, 0.1) is 13.8 Å². The van der Waals surface area contributed by atoms with Gasteiger partial charge in [0, 0.05) is 6.54 Å². The standard InChI is InChI=1S/C27H25N5O/c1-17-12-13-18(2)22(16-17)32-25(28)23(27(33)29-15-14-19-8-4-3-5-9-19)24-26(32)31-21-11-7-6-10-20(21)30-24/h3-13,16H,14-15,28H2,1-2H3,(H,29,33). The van der Waals surface area contributed by atoms with Crippen molar-refractivity contribution in [3.63, 3.8) is 0 Å². The van der Waals surface area contributed by atoms with Crippen LogP contribution in [0.25, 0.3) is 27.9 Å². The van der Waals surface area contributed by atoms with Gasteiger partial charge in [-0.3, -0.25) is 9.36 Å². The molecular weight excluding hydrogens is 410 g/mol.